The summed E-state index contributed by atoms with van der Waals surface area (Å²) in [4.78, 5) is 10.8. The van der Waals surface area contributed by atoms with Crippen LogP contribution in [0.2, 0.25) is 0 Å². The molecule has 1 heterocycles. The Hall–Kier alpha value is -3.11. The average molecular weight is 572 g/mol. The minimum atomic E-state index is -2.50. The van der Waals surface area contributed by atoms with Crippen molar-refractivity contribution < 1.29 is 32.9 Å². The number of carbonyl (C=O) groups is 1. The zero-order valence-corrected chi connectivity index (χ0v) is 24.0. The normalized spacial score (nSPS) is 16.8. The van der Waals surface area contributed by atoms with E-state index in [4.69, 9.17) is 14.6 Å². The van der Waals surface area contributed by atoms with Gasteiger partial charge in [0.05, 0.1) is 0 Å². The number of methoxy groups -OCH3 is 1. The third-order valence-corrected chi connectivity index (χ3v) is 9.30. The summed E-state index contributed by atoms with van der Waals surface area (Å²) in [6, 6.07) is 17.0. The topological polar surface area (TPSA) is 108 Å². The lowest BCUT2D eigenvalue weighted by Gasteiger charge is -2.45. The summed E-state index contributed by atoms with van der Waals surface area (Å²) in [6.45, 7) is 4.96. The number of hydrogen-bond acceptors (Lipinski definition) is 6. The molecular formula is C31H38FNO6S. The van der Waals surface area contributed by atoms with Gasteiger partial charge >= 0.3 is 5.97 Å². The number of aryl methyl sites for hydroxylation is 3. The van der Waals surface area contributed by atoms with Crippen LogP contribution in [0.25, 0.3) is 11.1 Å². The van der Waals surface area contributed by atoms with Gasteiger partial charge < -0.3 is 19.9 Å². The second kappa shape index (κ2) is 12.6. The van der Waals surface area contributed by atoms with Crippen molar-refractivity contribution in [3.63, 3.8) is 0 Å². The summed E-state index contributed by atoms with van der Waals surface area (Å²) in [5.41, 5.74) is 5.88. The van der Waals surface area contributed by atoms with Crippen molar-refractivity contribution in [1.29, 1.82) is 0 Å². The Morgan fingerprint density at radius 1 is 1.05 bits per heavy atom. The highest BCUT2D eigenvalue weighted by Crippen LogP contribution is 2.48. The van der Waals surface area contributed by atoms with Gasteiger partial charge in [-0.3, -0.25) is 13.9 Å². The molecule has 0 radical (unpaired) electrons. The summed E-state index contributed by atoms with van der Waals surface area (Å²) >= 11 is 0. The van der Waals surface area contributed by atoms with Crippen LogP contribution in [0.3, 0.4) is 0 Å². The van der Waals surface area contributed by atoms with Gasteiger partial charge in [-0.15, -0.1) is 0 Å². The number of anilines is 1. The van der Waals surface area contributed by atoms with Gasteiger partial charge in [0.25, 0.3) is 0 Å². The van der Waals surface area contributed by atoms with Crippen LogP contribution in [0.1, 0.15) is 41.5 Å². The molecule has 0 amide bonds. The smallest absolute Gasteiger partial charge is 0.303 e. The van der Waals surface area contributed by atoms with E-state index >= 15 is 0 Å². The van der Waals surface area contributed by atoms with E-state index in [1.165, 1.54) is 6.07 Å². The van der Waals surface area contributed by atoms with E-state index < -0.39 is 28.0 Å². The molecule has 0 aliphatic carbocycles. The highest BCUT2D eigenvalue weighted by Gasteiger charge is 2.38. The molecule has 0 spiro atoms. The standard InChI is InChI=1S/C31H38FNO6S/c1-21-15-27(39-20-31(38-3)11-13-40(36,37)14-12-31)16-22(2)30(21)25-6-4-5-23(17-25)19-33-26-9-7-24(28(32)18-26)8-10-29(34)35/h4-7,9,15-18,33,36-37H,8,10-14,19-20H2,1-3H3,(H,34,35). The molecule has 9 heteroatoms. The fraction of sp³-hybridized carbons (Fsp3) is 0.387. The minimum absolute atomic E-state index is 0.104. The summed E-state index contributed by atoms with van der Waals surface area (Å²) in [7, 11) is -0.855. The lowest BCUT2D eigenvalue weighted by Crippen LogP contribution is -2.44. The van der Waals surface area contributed by atoms with Crippen LogP contribution in [0.5, 0.6) is 5.75 Å². The van der Waals surface area contributed by atoms with E-state index in [0.717, 1.165) is 33.6 Å². The second-order valence-corrected chi connectivity index (χ2v) is 13.0. The van der Waals surface area contributed by atoms with E-state index in [1.807, 2.05) is 24.3 Å². The van der Waals surface area contributed by atoms with Crippen molar-refractivity contribution >= 4 is 22.2 Å². The first-order valence-corrected chi connectivity index (χ1v) is 15.2. The number of nitrogens with one attached hydrogen (secondary N) is 1. The highest BCUT2D eigenvalue weighted by molar-refractivity contribution is 8.24. The molecule has 1 aliphatic heterocycles. The minimum Gasteiger partial charge on any atom is -0.491 e. The molecule has 0 saturated carbocycles. The van der Waals surface area contributed by atoms with Crippen molar-refractivity contribution in [3.05, 3.63) is 82.7 Å². The maximum Gasteiger partial charge on any atom is 0.303 e. The van der Waals surface area contributed by atoms with Gasteiger partial charge in [0, 0.05) is 37.3 Å². The van der Waals surface area contributed by atoms with Crippen LogP contribution < -0.4 is 10.1 Å². The highest BCUT2D eigenvalue weighted by atomic mass is 32.3. The maximum absolute atomic E-state index is 14.4. The molecule has 0 aromatic heterocycles. The number of halogens is 1. The molecule has 40 heavy (non-hydrogen) atoms. The number of carboxylic acids is 1. The Morgan fingerprint density at radius 3 is 2.38 bits per heavy atom. The van der Waals surface area contributed by atoms with Crippen molar-refractivity contribution in [2.75, 3.05) is 30.5 Å². The quantitative estimate of drug-likeness (QED) is 0.195. The van der Waals surface area contributed by atoms with Crippen molar-refractivity contribution in [1.82, 2.24) is 0 Å². The summed E-state index contributed by atoms with van der Waals surface area (Å²) in [5.74, 6) is 0.0546. The molecule has 4 rings (SSSR count). The average Bonchev–Trinajstić information content (AvgIpc) is 2.91. The van der Waals surface area contributed by atoms with Crippen molar-refractivity contribution in [2.45, 2.75) is 51.7 Å². The fourth-order valence-corrected chi connectivity index (χ4v) is 6.76. The molecule has 216 valence electrons. The van der Waals surface area contributed by atoms with E-state index in [0.29, 0.717) is 48.7 Å². The Labute approximate surface area is 236 Å². The Kier molecular flexibility index (Phi) is 9.41. The molecule has 1 saturated heterocycles. The molecule has 3 aromatic carbocycles. The Morgan fingerprint density at radius 2 is 1.75 bits per heavy atom. The number of hydrogen-bond donors (Lipinski definition) is 4. The van der Waals surface area contributed by atoms with Gasteiger partial charge in [-0.25, -0.2) is 4.39 Å². The van der Waals surface area contributed by atoms with Crippen molar-refractivity contribution in [3.8, 4) is 16.9 Å². The van der Waals surface area contributed by atoms with Gasteiger partial charge in [0.15, 0.2) is 0 Å². The third kappa shape index (κ3) is 7.54. The predicted octanol–water partition coefficient (Wildman–Crippen LogP) is 7.05. The summed E-state index contributed by atoms with van der Waals surface area (Å²) < 4.78 is 46.3. The Balaban J connectivity index is 1.42. The summed E-state index contributed by atoms with van der Waals surface area (Å²) in [5, 5.41) is 12.1. The number of rotatable bonds is 11. The van der Waals surface area contributed by atoms with Crippen LogP contribution in [-0.4, -0.2) is 51.0 Å². The summed E-state index contributed by atoms with van der Waals surface area (Å²) in [6.07, 6.45) is 1.15. The van der Waals surface area contributed by atoms with Crippen LogP contribution in [0.4, 0.5) is 10.1 Å². The largest absolute Gasteiger partial charge is 0.491 e. The molecular weight excluding hydrogens is 533 g/mol. The predicted molar refractivity (Wildman–Crippen MR) is 158 cm³/mol. The first kappa shape index (κ1) is 29.9. The SMILES string of the molecule is COC1(COc2cc(C)c(-c3cccc(CNc4ccc(CCC(=O)O)c(F)c4)c3)c(C)c2)CCS(O)(O)CC1. The van der Waals surface area contributed by atoms with Gasteiger partial charge in [-0.1, -0.05) is 24.3 Å². The van der Waals surface area contributed by atoms with Gasteiger partial charge in [-0.05, 0) is 96.8 Å². The molecule has 7 nitrogen and oxygen atoms in total. The molecule has 3 aromatic rings. The molecule has 1 fully saturated rings. The van der Waals surface area contributed by atoms with E-state index in [-0.39, 0.29) is 12.8 Å². The third-order valence-electron chi connectivity index (χ3n) is 7.58. The van der Waals surface area contributed by atoms with Gasteiger partial charge in [-0.2, -0.15) is 10.6 Å². The number of aliphatic carboxylic acids is 1. The molecule has 4 N–H and O–H groups in total. The van der Waals surface area contributed by atoms with Crippen LogP contribution >= 0.6 is 10.6 Å². The van der Waals surface area contributed by atoms with E-state index in [2.05, 4.69) is 31.3 Å². The van der Waals surface area contributed by atoms with Crippen LogP contribution in [-0.2, 0) is 22.5 Å². The first-order valence-electron chi connectivity index (χ1n) is 13.4. The zero-order valence-electron chi connectivity index (χ0n) is 23.2. The van der Waals surface area contributed by atoms with E-state index in [9.17, 15) is 18.3 Å². The van der Waals surface area contributed by atoms with Crippen molar-refractivity contribution in [2.24, 2.45) is 0 Å². The second-order valence-electron chi connectivity index (χ2n) is 10.6. The number of benzene rings is 3. The lowest BCUT2D eigenvalue weighted by molar-refractivity contribution is -0.136. The first-order chi connectivity index (χ1) is 19.0. The molecule has 0 unspecified atom stereocenters. The molecule has 1 aliphatic rings. The van der Waals surface area contributed by atoms with Crippen LogP contribution in [0, 0.1) is 19.7 Å². The van der Waals surface area contributed by atoms with E-state index in [1.54, 1.807) is 19.2 Å². The Bertz CT molecular complexity index is 1330. The zero-order chi connectivity index (χ0) is 28.9. The monoisotopic (exact) mass is 571 g/mol. The van der Waals surface area contributed by atoms with Crippen LogP contribution in [0.15, 0.2) is 54.6 Å². The number of ether oxygens (including phenoxy) is 2. The molecule has 0 bridgehead atoms. The maximum atomic E-state index is 14.4. The van der Waals surface area contributed by atoms with Gasteiger partial charge in [0.2, 0.25) is 0 Å². The van der Waals surface area contributed by atoms with Gasteiger partial charge in [0.1, 0.15) is 23.8 Å². The fourth-order valence-electron chi connectivity index (χ4n) is 5.15. The number of carboxylic acid groups (broad SMARTS) is 1. The lowest BCUT2D eigenvalue weighted by atomic mass is 9.94. The molecule has 0 atom stereocenters.